The van der Waals surface area contributed by atoms with Gasteiger partial charge in [0.25, 0.3) is 0 Å². The van der Waals surface area contributed by atoms with Gasteiger partial charge in [0.15, 0.2) is 0 Å². The molecule has 2 aromatic carbocycles. The first kappa shape index (κ1) is 27.8. The molecule has 0 spiro atoms. The van der Waals surface area contributed by atoms with Gasteiger partial charge in [-0.1, -0.05) is 60.1 Å². The fourth-order valence-electron chi connectivity index (χ4n) is 3.18. The van der Waals surface area contributed by atoms with Gasteiger partial charge in [-0.05, 0) is 42.7 Å². The SMILES string of the molecule is CC(C)CNC(=O)[C@H](C)N(Cc1cccc(Br)c1)C(=O)CN(c1ccccc1)S(=O)(=O)N(C)C. The highest BCUT2D eigenvalue weighted by Crippen LogP contribution is 2.21. The van der Waals surface area contributed by atoms with E-state index in [9.17, 15) is 18.0 Å². The third-order valence-corrected chi connectivity index (χ3v) is 7.47. The van der Waals surface area contributed by atoms with E-state index in [1.54, 1.807) is 37.3 Å². The molecule has 10 heteroatoms. The van der Waals surface area contributed by atoms with Gasteiger partial charge < -0.3 is 10.2 Å². The van der Waals surface area contributed by atoms with Crippen LogP contribution in [-0.2, 0) is 26.3 Å². The molecule has 1 atom stereocenters. The van der Waals surface area contributed by atoms with Crippen molar-refractivity contribution in [2.24, 2.45) is 5.92 Å². The number of amides is 2. The van der Waals surface area contributed by atoms with Crippen molar-refractivity contribution in [2.75, 3.05) is 31.5 Å². The Morgan fingerprint density at radius 1 is 1.00 bits per heavy atom. The van der Waals surface area contributed by atoms with Gasteiger partial charge in [-0.15, -0.1) is 0 Å². The van der Waals surface area contributed by atoms with E-state index in [2.05, 4.69) is 21.2 Å². The molecule has 0 unspecified atom stereocenters. The van der Waals surface area contributed by atoms with Crippen molar-refractivity contribution in [3.63, 3.8) is 0 Å². The zero-order chi connectivity index (χ0) is 25.5. The van der Waals surface area contributed by atoms with Crippen molar-refractivity contribution in [3.05, 3.63) is 64.6 Å². The largest absolute Gasteiger partial charge is 0.354 e. The molecule has 186 valence electrons. The van der Waals surface area contributed by atoms with E-state index in [1.807, 2.05) is 38.1 Å². The second kappa shape index (κ2) is 12.3. The van der Waals surface area contributed by atoms with Crippen LogP contribution in [0.1, 0.15) is 26.3 Å². The highest BCUT2D eigenvalue weighted by atomic mass is 79.9. The molecule has 1 N–H and O–H groups in total. The summed E-state index contributed by atoms with van der Waals surface area (Å²) < 4.78 is 29.1. The quantitative estimate of drug-likeness (QED) is 0.463. The molecule has 0 saturated heterocycles. The van der Waals surface area contributed by atoms with Crippen LogP contribution in [0.4, 0.5) is 5.69 Å². The molecule has 0 aliphatic rings. The molecule has 0 saturated carbocycles. The summed E-state index contributed by atoms with van der Waals surface area (Å²) in [5.74, 6) is -0.524. The van der Waals surface area contributed by atoms with Gasteiger partial charge in [-0.3, -0.25) is 9.59 Å². The van der Waals surface area contributed by atoms with Gasteiger partial charge in [-0.25, -0.2) is 4.31 Å². The Balaban J connectivity index is 2.40. The Labute approximate surface area is 211 Å². The highest BCUT2D eigenvalue weighted by Gasteiger charge is 2.32. The van der Waals surface area contributed by atoms with Crippen LogP contribution in [0.25, 0.3) is 0 Å². The number of nitrogens with one attached hydrogen (secondary N) is 1. The molecule has 0 aliphatic carbocycles. The monoisotopic (exact) mass is 552 g/mol. The maximum Gasteiger partial charge on any atom is 0.304 e. The molecule has 2 aromatic rings. The highest BCUT2D eigenvalue weighted by molar-refractivity contribution is 9.10. The minimum Gasteiger partial charge on any atom is -0.354 e. The van der Waals surface area contributed by atoms with Crippen LogP contribution in [0.5, 0.6) is 0 Å². The molecule has 0 heterocycles. The van der Waals surface area contributed by atoms with Gasteiger partial charge in [0.2, 0.25) is 11.8 Å². The maximum absolute atomic E-state index is 13.6. The molecule has 0 aliphatic heterocycles. The summed E-state index contributed by atoms with van der Waals surface area (Å²) in [7, 11) is -1.13. The Kier molecular flexibility index (Phi) is 10.1. The first-order valence-electron chi connectivity index (χ1n) is 11.0. The fraction of sp³-hybridized carbons (Fsp3) is 0.417. The van der Waals surface area contributed by atoms with Gasteiger partial charge in [0.1, 0.15) is 12.6 Å². The molecule has 0 fully saturated rings. The molecular weight excluding hydrogens is 520 g/mol. The molecule has 0 radical (unpaired) electrons. The third kappa shape index (κ3) is 7.54. The predicted octanol–water partition coefficient (Wildman–Crippen LogP) is 3.25. The molecule has 2 amide bonds. The average molecular weight is 554 g/mol. The lowest BCUT2D eigenvalue weighted by atomic mass is 10.1. The lowest BCUT2D eigenvalue weighted by molar-refractivity contribution is -0.139. The molecular formula is C24H33BrN4O4S. The molecule has 2 rings (SSSR count). The summed E-state index contributed by atoms with van der Waals surface area (Å²) >= 11 is 3.43. The Bertz CT molecular complexity index is 1080. The van der Waals surface area contributed by atoms with Crippen LogP contribution in [0.3, 0.4) is 0 Å². The number of para-hydroxylation sites is 1. The molecule has 0 bridgehead atoms. The summed E-state index contributed by atoms with van der Waals surface area (Å²) in [5.41, 5.74) is 1.18. The van der Waals surface area contributed by atoms with E-state index >= 15 is 0 Å². The van der Waals surface area contributed by atoms with Gasteiger partial charge in [0, 0.05) is 31.7 Å². The zero-order valence-electron chi connectivity index (χ0n) is 20.2. The summed E-state index contributed by atoms with van der Waals surface area (Å²) in [6.07, 6.45) is 0. The summed E-state index contributed by atoms with van der Waals surface area (Å²) in [6, 6.07) is 15.1. The van der Waals surface area contributed by atoms with Gasteiger partial charge >= 0.3 is 10.2 Å². The van der Waals surface area contributed by atoms with E-state index < -0.39 is 28.7 Å². The van der Waals surface area contributed by atoms with Crippen LogP contribution >= 0.6 is 15.9 Å². The second-order valence-corrected chi connectivity index (χ2v) is 11.6. The number of halogens is 1. The van der Waals surface area contributed by atoms with Crippen molar-refractivity contribution in [1.29, 1.82) is 0 Å². The Morgan fingerprint density at radius 3 is 2.21 bits per heavy atom. The van der Waals surface area contributed by atoms with Gasteiger partial charge in [-0.2, -0.15) is 12.7 Å². The lowest BCUT2D eigenvalue weighted by Gasteiger charge is -2.33. The number of benzene rings is 2. The Morgan fingerprint density at radius 2 is 1.65 bits per heavy atom. The van der Waals surface area contributed by atoms with Crippen molar-refractivity contribution >= 4 is 43.6 Å². The number of hydrogen-bond donors (Lipinski definition) is 1. The fourth-order valence-corrected chi connectivity index (χ4v) is 4.68. The zero-order valence-corrected chi connectivity index (χ0v) is 22.6. The minimum atomic E-state index is -3.96. The van der Waals surface area contributed by atoms with Crippen LogP contribution < -0.4 is 9.62 Å². The van der Waals surface area contributed by atoms with Crippen molar-refractivity contribution in [2.45, 2.75) is 33.4 Å². The minimum absolute atomic E-state index is 0.152. The Hall–Kier alpha value is -2.43. The number of anilines is 1. The van der Waals surface area contributed by atoms with Crippen molar-refractivity contribution in [3.8, 4) is 0 Å². The molecule has 8 nitrogen and oxygen atoms in total. The standard InChI is InChI=1S/C24H33BrN4O4S/c1-18(2)15-26-24(31)19(3)28(16-20-10-9-11-21(25)14-20)23(30)17-29(34(32,33)27(4)5)22-12-7-6-8-13-22/h6-14,18-19H,15-17H2,1-5H3,(H,26,31)/t19-/m0/s1. The molecule has 34 heavy (non-hydrogen) atoms. The van der Waals surface area contributed by atoms with Crippen LogP contribution in [-0.4, -0.2) is 62.7 Å². The number of rotatable bonds is 11. The average Bonchev–Trinajstić information content (AvgIpc) is 2.79. The van der Waals surface area contributed by atoms with Crippen LogP contribution in [0.15, 0.2) is 59.1 Å². The summed E-state index contributed by atoms with van der Waals surface area (Å²) in [6.45, 7) is 5.81. The summed E-state index contributed by atoms with van der Waals surface area (Å²) in [5, 5.41) is 2.87. The lowest BCUT2D eigenvalue weighted by Crippen LogP contribution is -2.52. The van der Waals surface area contributed by atoms with Crippen LogP contribution in [0, 0.1) is 5.92 Å². The predicted molar refractivity (Wildman–Crippen MR) is 138 cm³/mol. The second-order valence-electron chi connectivity index (χ2n) is 8.60. The van der Waals surface area contributed by atoms with Gasteiger partial charge in [0.05, 0.1) is 5.69 Å². The van der Waals surface area contributed by atoms with E-state index in [4.69, 9.17) is 0 Å². The number of hydrogen-bond acceptors (Lipinski definition) is 4. The number of carbonyl (C=O) groups is 2. The first-order valence-corrected chi connectivity index (χ1v) is 13.2. The van der Waals surface area contributed by atoms with E-state index in [-0.39, 0.29) is 18.4 Å². The topological polar surface area (TPSA) is 90.0 Å². The van der Waals surface area contributed by atoms with E-state index in [1.165, 1.54) is 19.0 Å². The van der Waals surface area contributed by atoms with Crippen molar-refractivity contribution < 1.29 is 18.0 Å². The number of carbonyl (C=O) groups excluding carboxylic acids is 2. The van der Waals surface area contributed by atoms with Crippen LogP contribution in [0.2, 0.25) is 0 Å². The summed E-state index contributed by atoms with van der Waals surface area (Å²) in [4.78, 5) is 27.9. The maximum atomic E-state index is 13.6. The normalized spacial score (nSPS) is 12.5. The number of nitrogens with zero attached hydrogens (tertiary/aromatic N) is 3. The van der Waals surface area contributed by atoms with E-state index in [0.29, 0.717) is 12.2 Å². The van der Waals surface area contributed by atoms with E-state index in [0.717, 1.165) is 18.6 Å². The third-order valence-electron chi connectivity index (χ3n) is 5.16. The van der Waals surface area contributed by atoms with Crippen molar-refractivity contribution in [1.82, 2.24) is 14.5 Å². The first-order chi connectivity index (χ1) is 15.9. The molecule has 0 aromatic heterocycles. The smallest absolute Gasteiger partial charge is 0.304 e.